The van der Waals surface area contributed by atoms with Gasteiger partial charge in [0.1, 0.15) is 53.9 Å². The van der Waals surface area contributed by atoms with Crippen LogP contribution in [0.25, 0.3) is 0 Å². The van der Waals surface area contributed by atoms with E-state index in [1.807, 2.05) is 6.92 Å². The summed E-state index contributed by atoms with van der Waals surface area (Å²) >= 11 is 6.13. The molecule has 91 heavy (non-hydrogen) atoms. The number of hydrogen-bond acceptors (Lipinski definition) is 11. The highest BCUT2D eigenvalue weighted by Crippen LogP contribution is 2.38. The summed E-state index contributed by atoms with van der Waals surface area (Å²) in [6.07, 6.45) is 5.21. The normalized spacial score (nSPS) is 29.2. The molecule has 26 heteroatoms. The van der Waals surface area contributed by atoms with Gasteiger partial charge in [0.25, 0.3) is 0 Å². The van der Waals surface area contributed by atoms with Gasteiger partial charge >= 0.3 is 6.18 Å². The summed E-state index contributed by atoms with van der Waals surface area (Å²) in [5.41, 5.74) is -2.21. The number of likely N-dealkylation sites (N-methyl/N-ethyl adjacent to an activating group) is 5. The first kappa shape index (κ1) is 71.9. The topological polar surface area (TPSA) is 259 Å². The average Bonchev–Trinajstić information content (AvgIpc) is 1.86. The van der Waals surface area contributed by atoms with E-state index >= 15 is 9.59 Å². The van der Waals surface area contributed by atoms with E-state index in [1.165, 1.54) is 84.6 Å². The molecule has 0 unspecified atom stereocenters. The second-order valence-corrected chi connectivity index (χ2v) is 27.3. The molecule has 6 fully saturated rings. The molecule has 506 valence electrons. The molecule has 22 nitrogen and oxygen atoms in total. The van der Waals surface area contributed by atoms with Gasteiger partial charge in [0.2, 0.25) is 65.0 Å². The van der Waals surface area contributed by atoms with Crippen molar-refractivity contribution in [2.75, 3.05) is 54.9 Å². The second kappa shape index (κ2) is 30.9. The molecule has 1 aromatic carbocycles. The summed E-state index contributed by atoms with van der Waals surface area (Å²) in [5.74, 6) is -7.12. The van der Waals surface area contributed by atoms with Gasteiger partial charge in [-0.1, -0.05) is 95.7 Å². The number of fused-ring (bicyclic) bond motifs is 2. The molecule has 3 saturated carbocycles. The fourth-order valence-electron chi connectivity index (χ4n) is 14.3. The van der Waals surface area contributed by atoms with Crippen molar-refractivity contribution < 1.29 is 65.9 Å². The zero-order valence-electron chi connectivity index (χ0n) is 54.8. The maximum Gasteiger partial charge on any atom is 0.417 e. The Morgan fingerprint density at radius 2 is 1.27 bits per heavy atom. The van der Waals surface area contributed by atoms with Crippen LogP contribution < -0.4 is 21.3 Å². The largest absolute Gasteiger partial charge is 0.417 e. The van der Waals surface area contributed by atoms with Gasteiger partial charge in [0.15, 0.2) is 0 Å². The standard InChI is InChI=1S/C65H97ClF3N11O11/c1-11-38(2)53-62(90)76(8)41(5)58(86)80-33-29-49(80)61(89)77(9)50(36-42-20-13-12-14-21-42)60(88)74(6)37-51(81)71-47(28-26-43-25-27-45(46(66)35-43)65(67,68)69)59(87)79-32-19-24-48(79)56(84)73-64(30-17-18-31-64)63(91)78(10)54(44-22-15-16-23-44)57(85)70-39(3)34-52(82)75(7)40(4)55(83)72-53/h25,27,35,38-42,44,47-50,53-54H,11-24,26,28-34,36-37H2,1-10H3,(H,70,85)(H,71,81)(H,72,83)(H,73,84)/t38-,39+,40-,41-,47-,48-,49-,50-,53-,54-/m0/s1. The molecule has 7 rings (SSSR count). The monoisotopic (exact) mass is 1300 g/mol. The number of benzene rings is 1. The van der Waals surface area contributed by atoms with Crippen LogP contribution in [0.3, 0.4) is 0 Å². The van der Waals surface area contributed by atoms with E-state index in [0.29, 0.717) is 44.1 Å². The number of nitrogens with zero attached hydrogens (tertiary/aromatic N) is 7. The summed E-state index contributed by atoms with van der Waals surface area (Å²) in [6, 6.07) is -6.55. The molecule has 1 aromatic rings. The van der Waals surface area contributed by atoms with Gasteiger partial charge < -0.3 is 55.6 Å². The molecule has 0 bridgehead atoms. The Morgan fingerprint density at radius 3 is 1.88 bits per heavy atom. The highest BCUT2D eigenvalue weighted by atomic mass is 35.5. The molecule has 10 atom stereocenters. The molecule has 3 heterocycles. The molecule has 3 aliphatic carbocycles. The van der Waals surface area contributed by atoms with Crippen LogP contribution in [0.15, 0.2) is 18.2 Å². The van der Waals surface area contributed by atoms with Gasteiger partial charge in [-0.05, 0) is 120 Å². The van der Waals surface area contributed by atoms with Gasteiger partial charge in [-0.25, -0.2) is 0 Å². The Morgan fingerprint density at radius 1 is 0.637 bits per heavy atom. The Hall–Kier alpha value is -6.53. The Labute approximate surface area is 538 Å². The summed E-state index contributed by atoms with van der Waals surface area (Å²) in [5, 5.41) is 11.1. The van der Waals surface area contributed by atoms with E-state index in [9.17, 15) is 56.3 Å². The SMILES string of the molecule is CC[C@H](C)[C@@H]1NC(=O)[C@H](C)N(C)C(=O)C[C@@H](C)NC(=O)[C@H](C2CCCC2)N(C)C(=O)C2(CCCC2)NC(=O)[C@@H]2CCCN2C(=O)[C@H](CCc2ccc(C(F)(F)F)c(Cl)c2)NC(=O)CN(C)C(=O)[C@H](CC2CCCCC2)N(C)C(=O)[C@@H]2CCN2C(=O)[C@H](C)N(C)C1=O. The van der Waals surface area contributed by atoms with Crippen molar-refractivity contribution in [1.29, 1.82) is 0 Å². The van der Waals surface area contributed by atoms with Crippen LogP contribution in [0.2, 0.25) is 5.02 Å². The van der Waals surface area contributed by atoms with Crippen LogP contribution in [0, 0.1) is 17.8 Å². The molecule has 0 aromatic heterocycles. The van der Waals surface area contributed by atoms with Crippen LogP contribution in [0.1, 0.15) is 174 Å². The van der Waals surface area contributed by atoms with Crippen LogP contribution in [-0.4, -0.2) is 214 Å². The van der Waals surface area contributed by atoms with Gasteiger partial charge in [0.05, 0.1) is 17.1 Å². The van der Waals surface area contributed by atoms with Crippen molar-refractivity contribution >= 4 is 76.6 Å². The second-order valence-electron chi connectivity index (χ2n) is 26.9. The van der Waals surface area contributed by atoms with Crippen LogP contribution >= 0.6 is 11.6 Å². The van der Waals surface area contributed by atoms with Crippen molar-refractivity contribution in [3.05, 3.63) is 34.3 Å². The molecular formula is C65H97ClF3N11O11. The first-order valence-corrected chi connectivity index (χ1v) is 33.3. The third kappa shape index (κ3) is 16.8. The van der Waals surface area contributed by atoms with Crippen molar-refractivity contribution in [2.24, 2.45) is 17.8 Å². The number of amides is 11. The molecular weight excluding hydrogens is 1200 g/mol. The van der Waals surface area contributed by atoms with Crippen molar-refractivity contribution in [2.45, 2.75) is 236 Å². The summed E-state index contributed by atoms with van der Waals surface area (Å²) < 4.78 is 41.4. The lowest BCUT2D eigenvalue weighted by molar-refractivity contribution is -0.160. The molecule has 4 N–H and O–H groups in total. The van der Waals surface area contributed by atoms with E-state index in [0.717, 1.165) is 62.0 Å². The predicted molar refractivity (Wildman–Crippen MR) is 333 cm³/mol. The third-order valence-electron chi connectivity index (χ3n) is 20.6. The van der Waals surface area contributed by atoms with Gasteiger partial charge in [-0.3, -0.25) is 52.7 Å². The summed E-state index contributed by atoms with van der Waals surface area (Å²) in [7, 11) is 7.30. The molecule has 3 aliphatic heterocycles. The molecule has 6 aliphatic rings. The van der Waals surface area contributed by atoms with Crippen LogP contribution in [0.5, 0.6) is 0 Å². The van der Waals surface area contributed by atoms with Gasteiger partial charge in [-0.15, -0.1) is 0 Å². The zero-order valence-corrected chi connectivity index (χ0v) is 55.5. The third-order valence-corrected chi connectivity index (χ3v) is 20.9. The van der Waals surface area contributed by atoms with E-state index in [-0.39, 0.29) is 76.3 Å². The highest BCUT2D eigenvalue weighted by Gasteiger charge is 2.51. The summed E-state index contributed by atoms with van der Waals surface area (Å²) in [4.78, 5) is 170. The van der Waals surface area contributed by atoms with Gasteiger partial charge in [0, 0.05) is 60.8 Å². The minimum Gasteiger partial charge on any atom is -0.351 e. The maximum absolute atomic E-state index is 15.2. The molecule has 3 saturated heterocycles. The number of carbonyl (C=O) groups is 11. The highest BCUT2D eigenvalue weighted by molar-refractivity contribution is 6.31. The number of rotatable bonds is 8. The van der Waals surface area contributed by atoms with Crippen molar-refractivity contribution in [3.63, 3.8) is 0 Å². The predicted octanol–water partition coefficient (Wildman–Crippen LogP) is 5.20. The molecule has 11 amide bonds. The minimum absolute atomic E-state index is 0.0422. The van der Waals surface area contributed by atoms with E-state index in [2.05, 4.69) is 21.3 Å². The van der Waals surface area contributed by atoms with Crippen molar-refractivity contribution in [1.82, 2.24) is 55.6 Å². The van der Waals surface area contributed by atoms with E-state index < -0.39 is 154 Å². The minimum atomic E-state index is -4.74. The Kier molecular flexibility index (Phi) is 24.4. The van der Waals surface area contributed by atoms with E-state index in [1.54, 1.807) is 13.8 Å². The number of nitrogens with one attached hydrogen (secondary N) is 4. The molecule has 1 spiro atoms. The quantitative estimate of drug-likeness (QED) is 0.263. The number of hydrogen-bond donors (Lipinski definition) is 4. The first-order chi connectivity index (χ1) is 42.9. The Balaban J connectivity index is 1.22. The average molecular weight is 1300 g/mol. The lowest BCUT2D eigenvalue weighted by Gasteiger charge is -2.45. The van der Waals surface area contributed by atoms with Crippen molar-refractivity contribution in [3.8, 4) is 0 Å². The van der Waals surface area contributed by atoms with Crippen LogP contribution in [0.4, 0.5) is 13.2 Å². The smallest absolute Gasteiger partial charge is 0.351 e. The zero-order chi connectivity index (χ0) is 67.0. The number of aryl methyl sites for hydroxylation is 1. The number of alkyl halides is 3. The maximum atomic E-state index is 15.2. The fourth-order valence-corrected chi connectivity index (χ4v) is 14.7. The summed E-state index contributed by atoms with van der Waals surface area (Å²) in [6.45, 7) is 7.95. The lowest BCUT2D eigenvalue weighted by atomic mass is 9.84. The van der Waals surface area contributed by atoms with E-state index in [4.69, 9.17) is 11.6 Å². The number of carbonyl (C=O) groups excluding carboxylic acids is 11. The Bertz CT molecular complexity index is 2860. The lowest BCUT2D eigenvalue weighted by Crippen LogP contribution is -2.65. The number of halogens is 4. The first-order valence-electron chi connectivity index (χ1n) is 32.9. The fraction of sp³-hybridized carbons (Fsp3) is 0.738. The molecule has 0 radical (unpaired) electrons. The van der Waals surface area contributed by atoms with Gasteiger partial charge in [-0.2, -0.15) is 13.2 Å². The van der Waals surface area contributed by atoms with Crippen LogP contribution in [-0.2, 0) is 65.3 Å².